The molecule has 19 nitrogen and oxygen atoms in total. The molecule has 11 rings (SSSR count). The van der Waals surface area contributed by atoms with Crippen molar-refractivity contribution in [3.05, 3.63) is 88.7 Å². The molecular formula is C68H83F2N11O8S. The van der Waals surface area contributed by atoms with E-state index in [9.17, 15) is 29.4 Å². The van der Waals surface area contributed by atoms with Crippen molar-refractivity contribution < 1.29 is 47.6 Å². The zero-order valence-corrected chi connectivity index (χ0v) is 52.9. The average molecular weight is 1250 g/mol. The van der Waals surface area contributed by atoms with Crippen LogP contribution in [0.4, 0.5) is 19.4 Å². The summed E-state index contributed by atoms with van der Waals surface area (Å²) in [5, 5.41) is 35.1. The molecule has 3 aromatic carbocycles. The lowest BCUT2D eigenvalue weighted by Gasteiger charge is -2.35. The predicted octanol–water partition coefficient (Wildman–Crippen LogP) is 9.78. The van der Waals surface area contributed by atoms with Gasteiger partial charge < -0.3 is 50.8 Å². The zero-order valence-electron chi connectivity index (χ0n) is 52.1. The third-order valence-corrected chi connectivity index (χ3v) is 19.9. The van der Waals surface area contributed by atoms with Crippen LogP contribution in [0.2, 0.25) is 0 Å². The number of anilines is 1. The first-order valence-corrected chi connectivity index (χ1v) is 32.8. The molecule has 90 heavy (non-hydrogen) atoms. The van der Waals surface area contributed by atoms with Gasteiger partial charge in [-0.15, -0.1) is 17.8 Å². The number of ether oxygens (including phenoxy) is 2. The van der Waals surface area contributed by atoms with E-state index in [1.54, 1.807) is 11.3 Å². The third kappa shape index (κ3) is 14.0. The van der Waals surface area contributed by atoms with E-state index in [1.807, 2.05) is 64.4 Å². The molecule has 8 heterocycles. The lowest BCUT2D eigenvalue weighted by Crippen LogP contribution is -2.57. The number of terminal acetylenes is 1. The molecule has 4 amide bonds. The summed E-state index contributed by atoms with van der Waals surface area (Å²) >= 11 is 1.57. The van der Waals surface area contributed by atoms with Gasteiger partial charge in [-0.1, -0.05) is 89.1 Å². The number of likely N-dealkylation sites (tertiary alicyclic amines) is 1. The van der Waals surface area contributed by atoms with Crippen LogP contribution in [0.15, 0.2) is 60.2 Å². The van der Waals surface area contributed by atoms with Crippen molar-refractivity contribution >= 4 is 62.6 Å². The first-order valence-electron chi connectivity index (χ1n) is 32.0. The summed E-state index contributed by atoms with van der Waals surface area (Å²) in [5.41, 5.74) is 3.61. The number of carbonyl (C=O) groups is 4. The number of nitrogens with one attached hydrogen (secondary N) is 4. The molecule has 5 aliphatic rings. The van der Waals surface area contributed by atoms with Crippen molar-refractivity contribution in [2.24, 2.45) is 5.41 Å². The van der Waals surface area contributed by atoms with Crippen molar-refractivity contribution in [2.45, 2.75) is 179 Å². The monoisotopic (exact) mass is 1250 g/mol. The number of hydrogen-bond donors (Lipinski definition) is 6. The summed E-state index contributed by atoms with van der Waals surface area (Å²) < 4.78 is 44.7. The van der Waals surface area contributed by atoms with Gasteiger partial charge in [0.2, 0.25) is 17.7 Å². The molecule has 5 aliphatic heterocycles. The molecule has 0 saturated carbocycles. The normalized spacial score (nSPS) is 22.1. The number of halogens is 2. The number of β-amino-alcohol motifs (C(OH)–C–C–N with tert-alkyl or cyclic N) is 1. The fourth-order valence-electron chi connectivity index (χ4n) is 14.2. The van der Waals surface area contributed by atoms with E-state index < -0.39 is 41.3 Å². The molecule has 5 saturated heterocycles. The molecular weight excluding hydrogens is 1170 g/mol. The molecule has 0 radical (unpaired) electrons. The van der Waals surface area contributed by atoms with Gasteiger partial charge in [0.25, 0.3) is 0 Å². The Hall–Kier alpha value is -7.58. The van der Waals surface area contributed by atoms with Gasteiger partial charge in [0.05, 0.1) is 44.7 Å². The van der Waals surface area contributed by atoms with Gasteiger partial charge >= 0.3 is 12.1 Å². The molecule has 2 bridgehead atoms. The topological polar surface area (TPSA) is 237 Å². The SMILES string of the molecule is C#Cc1c(F)ccc2cc(O)cc(-c3ncc4c(N5CC6CCC(C5)N6)nc(OCC56CCCN5C(COC(=O)NCCCCCCCCCC(=O)N[C@H](C(=O)N5C[C@H](O)C[C@H]5C(=O)N[C@@H](C)c5ccc(-c7scnc7C)cc5)C(C)(C)C)CC6)nc4c3F)c12. The van der Waals surface area contributed by atoms with E-state index >= 15 is 8.78 Å². The maximum absolute atomic E-state index is 17.2. The van der Waals surface area contributed by atoms with Crippen LogP contribution in [0.25, 0.3) is 43.4 Å². The van der Waals surface area contributed by atoms with E-state index in [0.29, 0.717) is 42.6 Å². The number of aliphatic hydroxyl groups excluding tert-OH is 1. The summed E-state index contributed by atoms with van der Waals surface area (Å²) in [6.45, 7) is 12.6. The second-order valence-electron chi connectivity index (χ2n) is 26.3. The highest BCUT2D eigenvalue weighted by atomic mass is 32.1. The van der Waals surface area contributed by atoms with Crippen LogP contribution in [0.3, 0.4) is 0 Å². The quantitative estimate of drug-likeness (QED) is 0.0259. The fraction of sp³-hybridized carbons (Fsp3) is 0.529. The summed E-state index contributed by atoms with van der Waals surface area (Å²) in [6.07, 6.45) is 17.9. The number of aromatic nitrogens is 4. The second-order valence-corrected chi connectivity index (χ2v) is 27.2. The van der Waals surface area contributed by atoms with Crippen LogP contribution in [0.1, 0.15) is 147 Å². The van der Waals surface area contributed by atoms with Gasteiger partial charge in [-0.2, -0.15) is 9.97 Å². The van der Waals surface area contributed by atoms with Crippen LogP contribution >= 0.6 is 11.3 Å². The first kappa shape index (κ1) is 64.0. The molecule has 478 valence electrons. The van der Waals surface area contributed by atoms with Crippen molar-refractivity contribution in [3.63, 3.8) is 0 Å². The van der Waals surface area contributed by atoms with E-state index in [0.717, 1.165) is 105 Å². The number of rotatable bonds is 23. The molecule has 8 atom stereocenters. The fourth-order valence-corrected chi connectivity index (χ4v) is 15.0. The lowest BCUT2D eigenvalue weighted by atomic mass is 9.85. The first-order chi connectivity index (χ1) is 43.3. The maximum Gasteiger partial charge on any atom is 0.407 e. The van der Waals surface area contributed by atoms with Crippen molar-refractivity contribution in [2.75, 3.05) is 50.8 Å². The summed E-state index contributed by atoms with van der Waals surface area (Å²) in [6, 6.07) is 11.8. The molecule has 6 aromatic rings. The minimum atomic E-state index is -0.894. The Morgan fingerprint density at radius 1 is 0.933 bits per heavy atom. The number of pyridine rings is 1. The van der Waals surface area contributed by atoms with E-state index in [4.69, 9.17) is 25.9 Å². The van der Waals surface area contributed by atoms with Crippen LogP contribution in [0, 0.1) is 36.3 Å². The summed E-state index contributed by atoms with van der Waals surface area (Å²) in [5.74, 6) is 0.346. The van der Waals surface area contributed by atoms with Crippen LogP contribution in [-0.2, 0) is 19.1 Å². The second kappa shape index (κ2) is 27.5. The van der Waals surface area contributed by atoms with Crippen LogP contribution in [-0.4, -0.2) is 152 Å². The Bertz CT molecular complexity index is 3660. The zero-order chi connectivity index (χ0) is 63.4. The molecule has 22 heteroatoms. The number of piperazine rings is 1. The number of unbranched alkanes of at least 4 members (excludes halogenated alkanes) is 6. The van der Waals surface area contributed by atoms with Crippen molar-refractivity contribution in [3.8, 4) is 45.8 Å². The van der Waals surface area contributed by atoms with Gasteiger partial charge in [0, 0.05) is 74.3 Å². The predicted molar refractivity (Wildman–Crippen MR) is 342 cm³/mol. The standard InChI is InChI=1S/C68H83F2N11O8S/c1-7-50-53(69)24-21-44-30-48(82)31-51(56(44)50)58-57(70)59-52(33-72-58)62(79-34-45-22-23-46(35-79)75-45)78-65(77-59)89-38-68-26-15-29-81(68)47(25-27-68)37-88-66(87)71-28-14-12-10-8-9-11-13-16-55(84)76-61(67(4,5)6)64(86)80-36-49(83)32-54(80)63(85)74-40(2)42-17-19-43(20-18-42)60-41(3)73-39-90-60/h1,17-21,24,30-31,33,39-40,45-47,49,54,61,75,82-83H,8-16,22-23,25-29,32,34-38H2,2-6H3,(H,71,87)(H,74,85)(H,76,84)/t40-,45?,46?,47?,49+,54-,61+,68?/m0/s1. The molecule has 0 spiro atoms. The van der Waals surface area contributed by atoms with Gasteiger partial charge in [0.1, 0.15) is 53.9 Å². The number of benzene rings is 3. The number of hydrogen-bond acceptors (Lipinski definition) is 16. The number of carbonyl (C=O) groups excluding carboxylic acids is 4. The Morgan fingerprint density at radius 3 is 2.40 bits per heavy atom. The number of alkyl carbamates (subject to hydrolysis) is 1. The van der Waals surface area contributed by atoms with Gasteiger partial charge in [0.15, 0.2) is 5.82 Å². The molecule has 3 aromatic heterocycles. The Balaban J connectivity index is 0.607. The van der Waals surface area contributed by atoms with E-state index in [1.165, 1.54) is 35.4 Å². The van der Waals surface area contributed by atoms with Crippen LogP contribution < -0.4 is 30.9 Å². The highest BCUT2D eigenvalue weighted by molar-refractivity contribution is 7.13. The van der Waals surface area contributed by atoms with E-state index in [2.05, 4.69) is 47.0 Å². The molecule has 5 fully saturated rings. The number of aliphatic hydroxyl groups is 1. The van der Waals surface area contributed by atoms with Crippen molar-refractivity contribution in [1.82, 2.24) is 51.0 Å². The number of fused-ring (bicyclic) bond motifs is 5. The third-order valence-electron chi connectivity index (χ3n) is 18.9. The lowest BCUT2D eigenvalue weighted by molar-refractivity contribution is -0.144. The van der Waals surface area contributed by atoms with Crippen LogP contribution in [0.5, 0.6) is 11.8 Å². The molecule has 4 unspecified atom stereocenters. The Morgan fingerprint density at radius 2 is 1.68 bits per heavy atom. The van der Waals surface area contributed by atoms with Gasteiger partial charge in [-0.3, -0.25) is 24.3 Å². The highest BCUT2D eigenvalue weighted by Crippen LogP contribution is 2.44. The Kier molecular flexibility index (Phi) is 19.5. The largest absolute Gasteiger partial charge is 0.508 e. The maximum atomic E-state index is 17.2. The minimum Gasteiger partial charge on any atom is -0.508 e. The van der Waals surface area contributed by atoms with Gasteiger partial charge in [-0.25, -0.2) is 18.6 Å². The summed E-state index contributed by atoms with van der Waals surface area (Å²) in [4.78, 5) is 79.8. The van der Waals surface area contributed by atoms with E-state index in [-0.39, 0.29) is 120 Å². The smallest absolute Gasteiger partial charge is 0.407 e. The number of amides is 4. The average Bonchev–Trinajstić information content (AvgIpc) is 0.857. The van der Waals surface area contributed by atoms with Gasteiger partial charge in [-0.05, 0) is 112 Å². The number of thiazole rings is 1. The number of aryl methyl sites for hydroxylation is 1. The number of nitrogens with zero attached hydrogens (tertiary/aromatic N) is 7. The molecule has 6 N–H and O–H groups in total. The number of phenolic OH excluding ortho intramolecular Hbond substituents is 1. The Labute approximate surface area is 528 Å². The molecule has 0 aliphatic carbocycles. The minimum absolute atomic E-state index is 0.00203. The number of aromatic hydroxyl groups is 1. The summed E-state index contributed by atoms with van der Waals surface area (Å²) in [7, 11) is 0. The highest BCUT2D eigenvalue weighted by Gasteiger charge is 2.51. The van der Waals surface area contributed by atoms with Crippen molar-refractivity contribution in [1.29, 1.82) is 0 Å². The number of phenols is 1.